The summed E-state index contributed by atoms with van der Waals surface area (Å²) in [6, 6.07) is 0. The summed E-state index contributed by atoms with van der Waals surface area (Å²) in [5.74, 6) is 0. The van der Waals surface area contributed by atoms with Crippen molar-refractivity contribution in [3.8, 4) is 0 Å². The van der Waals surface area contributed by atoms with Crippen LogP contribution in [0.1, 0.15) is 45.4 Å². The van der Waals surface area contributed by atoms with E-state index in [2.05, 4.69) is 6.92 Å². The van der Waals surface area contributed by atoms with Gasteiger partial charge in [-0.3, -0.25) is 0 Å². The molecule has 1 unspecified atom stereocenters. The number of ether oxygens (including phenoxy) is 2. The van der Waals surface area contributed by atoms with Gasteiger partial charge in [0.1, 0.15) is 24.4 Å². The summed E-state index contributed by atoms with van der Waals surface area (Å²) in [5, 5.41) is 38.0. The predicted octanol–water partition coefficient (Wildman–Crippen LogP) is 0.163. The van der Waals surface area contributed by atoms with Crippen molar-refractivity contribution in [3.05, 3.63) is 0 Å². The van der Waals surface area contributed by atoms with E-state index in [9.17, 15) is 15.3 Å². The first kappa shape index (κ1) is 17.8. The second-order valence-corrected chi connectivity index (χ2v) is 5.34. The molecular formula is C14H28O6. The second kappa shape index (κ2) is 9.65. The number of rotatable bonds is 9. The molecule has 120 valence electrons. The molecule has 0 bridgehead atoms. The molecule has 0 amide bonds. The third-order valence-electron chi connectivity index (χ3n) is 3.63. The fraction of sp³-hybridized carbons (Fsp3) is 1.00. The molecule has 0 aliphatic carbocycles. The summed E-state index contributed by atoms with van der Waals surface area (Å²) in [5.41, 5.74) is 0. The van der Waals surface area contributed by atoms with Crippen LogP contribution in [0.4, 0.5) is 0 Å². The Hall–Kier alpha value is -0.240. The van der Waals surface area contributed by atoms with E-state index in [1.165, 1.54) is 19.3 Å². The van der Waals surface area contributed by atoms with Crippen molar-refractivity contribution in [2.75, 3.05) is 13.2 Å². The molecule has 5 atom stereocenters. The average Bonchev–Trinajstić information content (AvgIpc) is 2.46. The molecule has 1 aliphatic heterocycles. The molecule has 0 aromatic carbocycles. The predicted molar refractivity (Wildman–Crippen MR) is 73.1 cm³/mol. The maximum absolute atomic E-state index is 9.75. The monoisotopic (exact) mass is 292 g/mol. The van der Waals surface area contributed by atoms with Crippen molar-refractivity contribution in [3.63, 3.8) is 0 Å². The largest absolute Gasteiger partial charge is 0.394 e. The first-order chi connectivity index (χ1) is 9.61. The van der Waals surface area contributed by atoms with Crippen molar-refractivity contribution in [1.82, 2.24) is 0 Å². The molecule has 1 rings (SSSR count). The maximum Gasteiger partial charge on any atom is 0.186 e. The van der Waals surface area contributed by atoms with Crippen molar-refractivity contribution < 1.29 is 29.9 Å². The Kier molecular flexibility index (Phi) is 8.60. The Balaban J connectivity index is 2.21. The van der Waals surface area contributed by atoms with E-state index in [0.717, 1.165) is 19.3 Å². The van der Waals surface area contributed by atoms with Gasteiger partial charge < -0.3 is 29.9 Å². The number of unbranched alkanes of at least 4 members (excludes halogenated alkanes) is 5. The molecule has 20 heavy (non-hydrogen) atoms. The first-order valence-electron chi connectivity index (χ1n) is 7.54. The van der Waals surface area contributed by atoms with Gasteiger partial charge in [-0.05, 0) is 6.42 Å². The zero-order chi connectivity index (χ0) is 15.0. The topological polar surface area (TPSA) is 99.4 Å². The summed E-state index contributed by atoms with van der Waals surface area (Å²) >= 11 is 0. The smallest absolute Gasteiger partial charge is 0.186 e. The highest BCUT2D eigenvalue weighted by Crippen LogP contribution is 2.22. The summed E-state index contributed by atoms with van der Waals surface area (Å²) in [4.78, 5) is 0. The van der Waals surface area contributed by atoms with E-state index in [-0.39, 0.29) is 0 Å². The minimum atomic E-state index is -1.37. The maximum atomic E-state index is 9.75. The summed E-state index contributed by atoms with van der Waals surface area (Å²) in [6.07, 6.45) is 0.851. The molecule has 4 N–H and O–H groups in total. The van der Waals surface area contributed by atoms with Crippen molar-refractivity contribution in [1.29, 1.82) is 0 Å². The Morgan fingerprint density at radius 3 is 2.20 bits per heavy atom. The lowest BCUT2D eigenvalue weighted by Gasteiger charge is -2.39. The molecule has 0 saturated carbocycles. The van der Waals surface area contributed by atoms with Gasteiger partial charge in [0.05, 0.1) is 6.61 Å². The van der Waals surface area contributed by atoms with E-state index in [4.69, 9.17) is 14.6 Å². The van der Waals surface area contributed by atoms with E-state index in [1.54, 1.807) is 0 Å². The Morgan fingerprint density at radius 1 is 0.900 bits per heavy atom. The zero-order valence-electron chi connectivity index (χ0n) is 12.1. The first-order valence-corrected chi connectivity index (χ1v) is 7.54. The van der Waals surface area contributed by atoms with E-state index in [0.29, 0.717) is 6.61 Å². The van der Waals surface area contributed by atoms with Crippen molar-refractivity contribution in [2.45, 2.75) is 76.2 Å². The minimum absolute atomic E-state index is 0.425. The lowest BCUT2D eigenvalue weighted by molar-refractivity contribution is -0.301. The molecule has 0 aromatic rings. The average molecular weight is 292 g/mol. The molecule has 1 aliphatic rings. The highest BCUT2D eigenvalue weighted by atomic mass is 16.7. The van der Waals surface area contributed by atoms with Gasteiger partial charge in [-0.2, -0.15) is 0 Å². The van der Waals surface area contributed by atoms with Gasteiger partial charge in [0.2, 0.25) is 0 Å². The highest BCUT2D eigenvalue weighted by Gasteiger charge is 2.43. The molecule has 6 heteroatoms. The fourth-order valence-electron chi connectivity index (χ4n) is 2.29. The molecule has 6 nitrogen and oxygen atoms in total. The zero-order valence-corrected chi connectivity index (χ0v) is 12.1. The standard InChI is InChI=1S/C14H28O6/c1-2-3-4-5-6-7-8-19-14-13(18)12(17)11(16)10(9-15)20-14/h10-18H,2-9H2,1H3/t10-,11+,12-,13-,14?/m1/s1. The van der Waals surface area contributed by atoms with E-state index < -0.39 is 37.3 Å². The number of hydrogen-bond acceptors (Lipinski definition) is 6. The van der Waals surface area contributed by atoms with Gasteiger partial charge in [0.25, 0.3) is 0 Å². The Labute approximate surface area is 120 Å². The molecule has 1 heterocycles. The third-order valence-corrected chi connectivity index (χ3v) is 3.63. The minimum Gasteiger partial charge on any atom is -0.394 e. The van der Waals surface area contributed by atoms with Gasteiger partial charge in [-0.15, -0.1) is 0 Å². The highest BCUT2D eigenvalue weighted by molar-refractivity contribution is 4.88. The summed E-state index contributed by atoms with van der Waals surface area (Å²) in [7, 11) is 0. The lowest BCUT2D eigenvalue weighted by Crippen LogP contribution is -2.59. The lowest BCUT2D eigenvalue weighted by atomic mass is 9.99. The Morgan fingerprint density at radius 2 is 1.55 bits per heavy atom. The van der Waals surface area contributed by atoms with Gasteiger partial charge in [0, 0.05) is 6.61 Å². The fourth-order valence-corrected chi connectivity index (χ4v) is 2.29. The molecule has 0 aromatic heterocycles. The van der Waals surface area contributed by atoms with Crippen molar-refractivity contribution in [2.24, 2.45) is 0 Å². The quantitative estimate of drug-likeness (QED) is 0.452. The van der Waals surface area contributed by atoms with Crippen LogP contribution in [0.3, 0.4) is 0 Å². The molecule has 1 saturated heterocycles. The normalized spacial score (nSPS) is 34.4. The summed E-state index contributed by atoms with van der Waals surface area (Å²) < 4.78 is 10.6. The summed E-state index contributed by atoms with van der Waals surface area (Å²) in [6.45, 7) is 2.17. The number of aliphatic hydroxyl groups is 4. The van der Waals surface area contributed by atoms with Crippen LogP contribution < -0.4 is 0 Å². The molecule has 1 fully saturated rings. The van der Waals surface area contributed by atoms with Crippen LogP contribution in [0, 0.1) is 0 Å². The number of hydrogen-bond donors (Lipinski definition) is 4. The molecule has 0 spiro atoms. The van der Waals surface area contributed by atoms with Crippen LogP contribution in [0.25, 0.3) is 0 Å². The third kappa shape index (κ3) is 5.27. The van der Waals surface area contributed by atoms with Crippen LogP contribution in [-0.2, 0) is 9.47 Å². The van der Waals surface area contributed by atoms with Crippen molar-refractivity contribution >= 4 is 0 Å². The van der Waals surface area contributed by atoms with Crippen LogP contribution in [-0.4, -0.2) is 64.3 Å². The van der Waals surface area contributed by atoms with Crippen LogP contribution >= 0.6 is 0 Å². The SMILES string of the molecule is CCCCCCCCOC1O[C@H](CO)[C@H](O)[C@@H](O)[C@H]1O. The van der Waals surface area contributed by atoms with Gasteiger partial charge in [-0.1, -0.05) is 39.0 Å². The Bertz CT molecular complexity index is 248. The molecular weight excluding hydrogens is 264 g/mol. The molecule has 0 radical (unpaired) electrons. The van der Waals surface area contributed by atoms with Gasteiger partial charge in [-0.25, -0.2) is 0 Å². The van der Waals surface area contributed by atoms with Crippen LogP contribution in [0.15, 0.2) is 0 Å². The van der Waals surface area contributed by atoms with Gasteiger partial charge >= 0.3 is 0 Å². The van der Waals surface area contributed by atoms with Crippen LogP contribution in [0.2, 0.25) is 0 Å². The van der Waals surface area contributed by atoms with E-state index in [1.807, 2.05) is 0 Å². The van der Waals surface area contributed by atoms with Gasteiger partial charge in [0.15, 0.2) is 6.29 Å². The number of aliphatic hydroxyl groups excluding tert-OH is 4. The van der Waals surface area contributed by atoms with Crippen LogP contribution in [0.5, 0.6) is 0 Å². The second-order valence-electron chi connectivity index (χ2n) is 5.34. The van der Waals surface area contributed by atoms with E-state index >= 15 is 0 Å².